The number of aliphatic carboxylic acids is 1. The molecular weight excluding hydrogens is 216 g/mol. The standard InChI is InChI=1S/C14H18O3/c1-5-11(8-13(15)16)14-9(2)6-12(17-4)7-10(14)3/h6-8H,5H2,1-4H3,(H,15,16)/b11-8+. The van der Waals surface area contributed by atoms with Gasteiger partial charge in [0.25, 0.3) is 0 Å². The van der Waals surface area contributed by atoms with E-state index in [1.807, 2.05) is 32.9 Å². The van der Waals surface area contributed by atoms with Gasteiger partial charge in [-0.1, -0.05) is 6.92 Å². The first-order valence-corrected chi connectivity index (χ1v) is 5.58. The Morgan fingerprint density at radius 3 is 2.24 bits per heavy atom. The van der Waals surface area contributed by atoms with Gasteiger partial charge in [0, 0.05) is 6.08 Å². The summed E-state index contributed by atoms with van der Waals surface area (Å²) < 4.78 is 5.19. The fourth-order valence-electron chi connectivity index (χ4n) is 2.05. The maximum Gasteiger partial charge on any atom is 0.328 e. The van der Waals surface area contributed by atoms with Crippen molar-refractivity contribution in [1.29, 1.82) is 0 Å². The third-order valence-electron chi connectivity index (χ3n) is 2.74. The molecule has 0 aliphatic rings. The molecule has 92 valence electrons. The van der Waals surface area contributed by atoms with Gasteiger partial charge in [-0.2, -0.15) is 0 Å². The van der Waals surface area contributed by atoms with Gasteiger partial charge in [-0.15, -0.1) is 0 Å². The second-order valence-electron chi connectivity index (χ2n) is 4.00. The van der Waals surface area contributed by atoms with E-state index < -0.39 is 5.97 Å². The molecule has 17 heavy (non-hydrogen) atoms. The highest BCUT2D eigenvalue weighted by Gasteiger charge is 2.10. The number of aryl methyl sites for hydroxylation is 2. The van der Waals surface area contributed by atoms with Gasteiger partial charge in [0.2, 0.25) is 0 Å². The van der Waals surface area contributed by atoms with Crippen LogP contribution in [-0.4, -0.2) is 18.2 Å². The zero-order valence-corrected chi connectivity index (χ0v) is 10.7. The van der Waals surface area contributed by atoms with E-state index in [1.54, 1.807) is 7.11 Å². The fourth-order valence-corrected chi connectivity index (χ4v) is 2.05. The second-order valence-corrected chi connectivity index (χ2v) is 4.00. The number of ether oxygens (including phenoxy) is 1. The lowest BCUT2D eigenvalue weighted by Crippen LogP contribution is -1.98. The second kappa shape index (κ2) is 5.53. The first-order chi connectivity index (χ1) is 7.99. The summed E-state index contributed by atoms with van der Waals surface area (Å²) in [5.74, 6) is -0.106. The van der Waals surface area contributed by atoms with Crippen molar-refractivity contribution in [2.45, 2.75) is 27.2 Å². The minimum absolute atomic E-state index is 0.695. The molecule has 1 rings (SSSR count). The molecule has 0 radical (unpaired) electrons. The van der Waals surface area contributed by atoms with Crippen molar-refractivity contribution in [3.05, 3.63) is 34.9 Å². The molecule has 0 atom stereocenters. The predicted octanol–water partition coefficient (Wildman–Crippen LogP) is 3.19. The molecule has 0 fully saturated rings. The van der Waals surface area contributed by atoms with Crippen LogP contribution in [0, 0.1) is 13.8 Å². The van der Waals surface area contributed by atoms with E-state index in [0.29, 0.717) is 6.42 Å². The highest BCUT2D eigenvalue weighted by molar-refractivity contribution is 5.91. The molecule has 3 nitrogen and oxygen atoms in total. The maximum atomic E-state index is 10.8. The van der Waals surface area contributed by atoms with Crippen molar-refractivity contribution in [1.82, 2.24) is 0 Å². The summed E-state index contributed by atoms with van der Waals surface area (Å²) in [5, 5.41) is 8.86. The number of carboxylic acid groups (broad SMARTS) is 1. The van der Waals surface area contributed by atoms with Crippen molar-refractivity contribution in [3.8, 4) is 5.75 Å². The number of carboxylic acids is 1. The summed E-state index contributed by atoms with van der Waals surface area (Å²) in [5.41, 5.74) is 3.93. The summed E-state index contributed by atoms with van der Waals surface area (Å²) >= 11 is 0. The van der Waals surface area contributed by atoms with Gasteiger partial charge < -0.3 is 9.84 Å². The lowest BCUT2D eigenvalue weighted by atomic mass is 9.93. The molecule has 0 aliphatic heterocycles. The highest BCUT2D eigenvalue weighted by atomic mass is 16.5. The number of allylic oxidation sites excluding steroid dienone is 1. The van der Waals surface area contributed by atoms with E-state index in [4.69, 9.17) is 9.84 Å². The average Bonchev–Trinajstić information content (AvgIpc) is 2.25. The molecule has 0 saturated carbocycles. The number of hydrogen-bond donors (Lipinski definition) is 1. The molecule has 3 heteroatoms. The largest absolute Gasteiger partial charge is 0.497 e. The highest BCUT2D eigenvalue weighted by Crippen LogP contribution is 2.29. The summed E-state index contributed by atoms with van der Waals surface area (Å²) in [6.07, 6.45) is 1.97. The van der Waals surface area contributed by atoms with Crippen LogP contribution in [-0.2, 0) is 4.79 Å². The van der Waals surface area contributed by atoms with Crippen LogP contribution in [0.5, 0.6) is 5.75 Å². The molecule has 0 aliphatic carbocycles. The van der Waals surface area contributed by atoms with Gasteiger partial charge in [-0.05, 0) is 54.7 Å². The minimum atomic E-state index is -0.906. The molecule has 1 aromatic carbocycles. The summed E-state index contributed by atoms with van der Waals surface area (Å²) in [7, 11) is 1.63. The SMILES string of the molecule is CC/C(=C\C(=O)O)c1c(C)cc(OC)cc1C. The monoisotopic (exact) mass is 234 g/mol. The Morgan fingerprint density at radius 1 is 1.35 bits per heavy atom. The first kappa shape index (κ1) is 13.3. The Kier molecular flexibility index (Phi) is 4.32. The number of hydrogen-bond acceptors (Lipinski definition) is 2. The van der Waals surface area contributed by atoms with Gasteiger partial charge in [0.15, 0.2) is 0 Å². The van der Waals surface area contributed by atoms with Crippen molar-refractivity contribution in [2.75, 3.05) is 7.11 Å². The van der Waals surface area contributed by atoms with E-state index in [1.165, 1.54) is 6.08 Å². The van der Waals surface area contributed by atoms with E-state index in [2.05, 4.69) is 0 Å². The third kappa shape index (κ3) is 3.09. The van der Waals surface area contributed by atoms with Crippen molar-refractivity contribution in [3.63, 3.8) is 0 Å². The topological polar surface area (TPSA) is 46.5 Å². The summed E-state index contributed by atoms with van der Waals surface area (Å²) in [6.45, 7) is 5.89. The fraction of sp³-hybridized carbons (Fsp3) is 0.357. The first-order valence-electron chi connectivity index (χ1n) is 5.58. The quantitative estimate of drug-likeness (QED) is 0.814. The van der Waals surface area contributed by atoms with Crippen LogP contribution in [0.25, 0.3) is 5.57 Å². The number of methoxy groups -OCH3 is 1. The van der Waals surface area contributed by atoms with Crippen LogP contribution in [0.4, 0.5) is 0 Å². The Labute approximate surface area is 102 Å². The van der Waals surface area contributed by atoms with Gasteiger partial charge >= 0.3 is 5.97 Å². The number of carbonyl (C=O) groups is 1. The van der Waals surface area contributed by atoms with E-state index in [0.717, 1.165) is 28.0 Å². The van der Waals surface area contributed by atoms with Gasteiger partial charge in [-0.3, -0.25) is 0 Å². The molecule has 0 aromatic heterocycles. The van der Waals surface area contributed by atoms with Crippen LogP contribution in [0.15, 0.2) is 18.2 Å². The molecular formula is C14H18O3. The zero-order valence-electron chi connectivity index (χ0n) is 10.7. The Bertz CT molecular complexity index is 436. The van der Waals surface area contributed by atoms with Crippen LogP contribution in [0.2, 0.25) is 0 Å². The summed E-state index contributed by atoms with van der Waals surface area (Å²) in [6, 6.07) is 3.85. The van der Waals surface area contributed by atoms with Gasteiger partial charge in [0.1, 0.15) is 5.75 Å². The normalized spacial score (nSPS) is 11.4. The molecule has 0 amide bonds. The molecule has 0 heterocycles. The Balaban J connectivity index is 3.35. The van der Waals surface area contributed by atoms with Gasteiger partial charge in [-0.25, -0.2) is 4.79 Å². The third-order valence-corrected chi connectivity index (χ3v) is 2.74. The smallest absolute Gasteiger partial charge is 0.328 e. The van der Waals surface area contributed by atoms with Crippen LogP contribution in [0.3, 0.4) is 0 Å². The molecule has 0 bridgehead atoms. The van der Waals surface area contributed by atoms with Crippen molar-refractivity contribution in [2.24, 2.45) is 0 Å². The van der Waals surface area contributed by atoms with Crippen molar-refractivity contribution < 1.29 is 14.6 Å². The van der Waals surface area contributed by atoms with Crippen LogP contribution in [0.1, 0.15) is 30.0 Å². The van der Waals surface area contributed by atoms with Crippen molar-refractivity contribution >= 4 is 11.5 Å². The maximum absolute atomic E-state index is 10.8. The Morgan fingerprint density at radius 2 is 1.88 bits per heavy atom. The lowest BCUT2D eigenvalue weighted by Gasteiger charge is -2.14. The Hall–Kier alpha value is -1.77. The van der Waals surface area contributed by atoms with Gasteiger partial charge in [0.05, 0.1) is 7.11 Å². The lowest BCUT2D eigenvalue weighted by molar-refractivity contribution is -0.131. The molecule has 1 aromatic rings. The molecule has 1 N–H and O–H groups in total. The summed E-state index contributed by atoms with van der Waals surface area (Å²) in [4.78, 5) is 10.8. The van der Waals surface area contributed by atoms with Crippen LogP contribution < -0.4 is 4.74 Å². The van der Waals surface area contributed by atoms with E-state index >= 15 is 0 Å². The zero-order chi connectivity index (χ0) is 13.0. The number of rotatable bonds is 4. The molecule has 0 saturated heterocycles. The predicted molar refractivity (Wildman–Crippen MR) is 68.4 cm³/mol. The van der Waals surface area contributed by atoms with E-state index in [-0.39, 0.29) is 0 Å². The number of benzene rings is 1. The minimum Gasteiger partial charge on any atom is -0.497 e. The average molecular weight is 234 g/mol. The van der Waals surface area contributed by atoms with E-state index in [9.17, 15) is 4.79 Å². The molecule has 0 unspecified atom stereocenters. The van der Waals surface area contributed by atoms with Crippen LogP contribution >= 0.6 is 0 Å². The molecule has 0 spiro atoms.